The fourth-order valence-corrected chi connectivity index (χ4v) is 1.19. The van der Waals surface area contributed by atoms with Crippen LogP contribution < -0.4 is 11.5 Å². The number of rotatable bonds is 7. The highest BCUT2D eigenvalue weighted by atomic mass is 16.4. The predicted octanol–water partition coefficient (Wildman–Crippen LogP) is -2.25. The van der Waals surface area contributed by atoms with Crippen molar-refractivity contribution in [1.82, 2.24) is 0 Å². The van der Waals surface area contributed by atoms with Gasteiger partial charge >= 0.3 is 13.1 Å². The van der Waals surface area contributed by atoms with Gasteiger partial charge in [-0.15, -0.1) is 0 Å². The van der Waals surface area contributed by atoms with Gasteiger partial charge in [-0.3, -0.25) is 9.59 Å². The van der Waals surface area contributed by atoms with E-state index in [1.54, 1.807) is 0 Å². The lowest BCUT2D eigenvalue weighted by atomic mass is 9.81. The van der Waals surface area contributed by atoms with E-state index in [2.05, 4.69) is 0 Å². The first kappa shape index (κ1) is 13.9. The lowest BCUT2D eigenvalue weighted by Crippen LogP contribution is -2.44. The van der Waals surface area contributed by atoms with Crippen LogP contribution in [0.4, 0.5) is 0 Å². The standard InChI is InChI=1S/C7H15BN2O5/c9-5(7(12)13)4(6(10)11)2-1-3-8(14)15/h4-5,14-15H,1-3,9H2,(H2,10,11)(H,12,13)/t4-,5-/m0/s1. The Balaban J connectivity index is 4.17. The number of carboxylic acids is 1. The average molecular weight is 218 g/mol. The largest absolute Gasteiger partial charge is 0.480 e. The summed E-state index contributed by atoms with van der Waals surface area (Å²) in [4.78, 5) is 21.4. The van der Waals surface area contributed by atoms with Gasteiger partial charge in [0.25, 0.3) is 0 Å². The molecule has 0 aliphatic heterocycles. The Kier molecular flexibility index (Phi) is 5.91. The molecule has 0 radical (unpaired) electrons. The van der Waals surface area contributed by atoms with Crippen LogP contribution in [0.5, 0.6) is 0 Å². The van der Waals surface area contributed by atoms with Gasteiger partial charge in [0, 0.05) is 0 Å². The summed E-state index contributed by atoms with van der Waals surface area (Å²) in [5, 5.41) is 25.7. The van der Waals surface area contributed by atoms with E-state index in [0.717, 1.165) is 0 Å². The molecule has 0 fully saturated rings. The minimum atomic E-state index is -1.47. The lowest BCUT2D eigenvalue weighted by Gasteiger charge is -2.16. The monoisotopic (exact) mass is 218 g/mol. The fraction of sp³-hybridized carbons (Fsp3) is 0.714. The molecule has 0 bridgehead atoms. The Morgan fingerprint density at radius 3 is 2.20 bits per heavy atom. The van der Waals surface area contributed by atoms with Crippen LogP contribution in [-0.2, 0) is 9.59 Å². The average Bonchev–Trinajstić information content (AvgIpc) is 2.10. The van der Waals surface area contributed by atoms with Crippen molar-refractivity contribution in [3.05, 3.63) is 0 Å². The Morgan fingerprint density at radius 2 is 1.87 bits per heavy atom. The van der Waals surface area contributed by atoms with Crippen molar-refractivity contribution in [2.75, 3.05) is 0 Å². The molecule has 0 rings (SSSR count). The maximum absolute atomic E-state index is 10.9. The summed E-state index contributed by atoms with van der Waals surface area (Å²) in [7, 11) is -1.47. The molecule has 2 atom stereocenters. The fourth-order valence-electron chi connectivity index (χ4n) is 1.19. The molecule has 8 heteroatoms. The first-order valence-corrected chi connectivity index (χ1v) is 4.50. The molecule has 7 N–H and O–H groups in total. The summed E-state index contributed by atoms with van der Waals surface area (Å²) in [5.74, 6) is -3.08. The Hall–Kier alpha value is -1.12. The van der Waals surface area contributed by atoms with Gasteiger partial charge < -0.3 is 26.6 Å². The number of carbonyl (C=O) groups excluding carboxylic acids is 1. The molecule has 0 spiro atoms. The highest BCUT2D eigenvalue weighted by molar-refractivity contribution is 6.40. The van der Waals surface area contributed by atoms with Gasteiger partial charge in [0.05, 0.1) is 5.92 Å². The predicted molar refractivity (Wildman–Crippen MR) is 52.5 cm³/mol. The molecule has 0 aliphatic rings. The van der Waals surface area contributed by atoms with Crippen LogP contribution in [0, 0.1) is 5.92 Å². The molecule has 15 heavy (non-hydrogen) atoms. The maximum Gasteiger partial charge on any atom is 0.451 e. The van der Waals surface area contributed by atoms with Gasteiger partial charge in [-0.1, -0.05) is 6.42 Å². The second-order valence-corrected chi connectivity index (χ2v) is 3.28. The van der Waals surface area contributed by atoms with E-state index >= 15 is 0 Å². The van der Waals surface area contributed by atoms with Crippen LogP contribution in [0.1, 0.15) is 12.8 Å². The van der Waals surface area contributed by atoms with Crippen molar-refractivity contribution in [3.8, 4) is 0 Å². The molecule has 0 aromatic carbocycles. The minimum Gasteiger partial charge on any atom is -0.480 e. The van der Waals surface area contributed by atoms with Gasteiger partial charge in [-0.2, -0.15) is 0 Å². The normalized spacial score (nSPS) is 14.3. The zero-order valence-electron chi connectivity index (χ0n) is 8.17. The maximum atomic E-state index is 10.9. The molecule has 0 unspecified atom stereocenters. The van der Waals surface area contributed by atoms with Crippen molar-refractivity contribution in [2.45, 2.75) is 25.2 Å². The van der Waals surface area contributed by atoms with Gasteiger partial charge in [0.15, 0.2) is 0 Å². The van der Waals surface area contributed by atoms with Crippen LogP contribution >= 0.6 is 0 Å². The second kappa shape index (κ2) is 6.38. The Bertz CT molecular complexity index is 235. The van der Waals surface area contributed by atoms with Crippen molar-refractivity contribution in [3.63, 3.8) is 0 Å². The number of hydrogen-bond acceptors (Lipinski definition) is 5. The van der Waals surface area contributed by atoms with Gasteiger partial charge in [-0.25, -0.2) is 0 Å². The van der Waals surface area contributed by atoms with Crippen molar-refractivity contribution >= 4 is 19.0 Å². The van der Waals surface area contributed by atoms with Crippen molar-refractivity contribution in [2.24, 2.45) is 17.4 Å². The number of carboxylic acid groups (broad SMARTS) is 1. The van der Waals surface area contributed by atoms with E-state index in [9.17, 15) is 9.59 Å². The highest BCUT2D eigenvalue weighted by Crippen LogP contribution is 2.12. The molecule has 1 amide bonds. The van der Waals surface area contributed by atoms with Gasteiger partial charge in [0.2, 0.25) is 5.91 Å². The summed E-state index contributed by atoms with van der Waals surface area (Å²) in [6.45, 7) is 0. The first-order valence-electron chi connectivity index (χ1n) is 4.50. The summed E-state index contributed by atoms with van der Waals surface area (Å²) < 4.78 is 0. The van der Waals surface area contributed by atoms with Crippen molar-refractivity contribution < 1.29 is 24.7 Å². The molecular formula is C7H15BN2O5. The minimum absolute atomic E-state index is 0.0517. The second-order valence-electron chi connectivity index (χ2n) is 3.28. The van der Waals surface area contributed by atoms with E-state index in [-0.39, 0.29) is 19.2 Å². The molecule has 0 heterocycles. The number of hydrogen-bond donors (Lipinski definition) is 5. The Morgan fingerprint density at radius 1 is 1.33 bits per heavy atom. The quantitative estimate of drug-likeness (QED) is 0.305. The number of carbonyl (C=O) groups is 2. The smallest absolute Gasteiger partial charge is 0.451 e. The molecule has 86 valence electrons. The highest BCUT2D eigenvalue weighted by Gasteiger charge is 2.28. The summed E-state index contributed by atoms with van der Waals surface area (Å²) >= 11 is 0. The number of nitrogens with two attached hydrogens (primary N) is 2. The molecular weight excluding hydrogens is 203 g/mol. The van der Waals surface area contributed by atoms with E-state index in [1.807, 2.05) is 0 Å². The number of primary amides is 1. The topological polar surface area (TPSA) is 147 Å². The van der Waals surface area contributed by atoms with Gasteiger partial charge in [0.1, 0.15) is 6.04 Å². The van der Waals surface area contributed by atoms with Crippen LogP contribution in [0.15, 0.2) is 0 Å². The summed E-state index contributed by atoms with van der Waals surface area (Å²) in [6.07, 6.45) is 0.447. The zero-order valence-corrected chi connectivity index (χ0v) is 8.17. The van der Waals surface area contributed by atoms with E-state index in [0.29, 0.717) is 0 Å². The van der Waals surface area contributed by atoms with E-state index in [4.69, 9.17) is 26.6 Å². The van der Waals surface area contributed by atoms with Crippen molar-refractivity contribution in [1.29, 1.82) is 0 Å². The molecule has 0 saturated carbocycles. The molecule has 7 nitrogen and oxygen atoms in total. The lowest BCUT2D eigenvalue weighted by molar-refractivity contribution is -0.142. The number of aliphatic carboxylic acids is 1. The van der Waals surface area contributed by atoms with Gasteiger partial charge in [-0.05, 0) is 12.7 Å². The van der Waals surface area contributed by atoms with Crippen LogP contribution in [0.2, 0.25) is 6.32 Å². The SMILES string of the molecule is NC(=O)[C@@H](CCCB(O)O)[C@H](N)C(=O)O. The third-order valence-corrected chi connectivity index (χ3v) is 2.06. The van der Waals surface area contributed by atoms with Crippen LogP contribution in [0.25, 0.3) is 0 Å². The molecule has 0 aromatic rings. The first-order chi connectivity index (χ1) is 6.86. The summed E-state index contributed by atoms with van der Waals surface area (Å²) in [5.41, 5.74) is 10.2. The van der Waals surface area contributed by atoms with E-state index < -0.39 is 31.0 Å². The molecule has 0 aliphatic carbocycles. The zero-order chi connectivity index (χ0) is 12.0. The summed E-state index contributed by atoms with van der Waals surface area (Å²) in [6, 6.07) is -1.35. The number of amides is 1. The Labute approximate surface area is 87.2 Å². The van der Waals surface area contributed by atoms with Crippen LogP contribution in [0.3, 0.4) is 0 Å². The molecule has 0 saturated heterocycles. The molecule has 0 aromatic heterocycles. The van der Waals surface area contributed by atoms with Crippen LogP contribution in [-0.4, -0.2) is 40.2 Å². The van der Waals surface area contributed by atoms with E-state index in [1.165, 1.54) is 0 Å². The third-order valence-electron chi connectivity index (χ3n) is 2.06. The third kappa shape index (κ3) is 5.35.